The lowest BCUT2D eigenvalue weighted by atomic mass is 9.39. The summed E-state index contributed by atoms with van der Waals surface area (Å²) in [5.74, 6) is 8.44. The Labute approximate surface area is 191 Å². The van der Waals surface area contributed by atoms with Crippen molar-refractivity contribution in [3.05, 3.63) is 40.3 Å². The molecule has 0 nitrogen and oxygen atoms in total. The Balaban J connectivity index is 1.35. The molecule has 31 heavy (non-hydrogen) atoms. The Hall–Kier alpha value is -0.910. The minimum absolute atomic E-state index is 0.365. The minimum Gasteiger partial charge on any atom is -0.198 e. The van der Waals surface area contributed by atoms with E-state index >= 15 is 0 Å². The van der Waals surface area contributed by atoms with Crippen LogP contribution < -0.4 is 0 Å². The van der Waals surface area contributed by atoms with Gasteiger partial charge in [-0.1, -0.05) is 44.4 Å². The standard InChI is InChI=1S/C31H43/c1-16-17(2)28(30(5)12-20-7-21-9-23(13-30)26(21)8-20)19(4)29(18(16)3)31(6)14-24-10-22-11-25(15-31)27(22)24/h20-27H,1,7-15H2,2-6H3/q-1. The van der Waals surface area contributed by atoms with E-state index in [9.17, 15) is 0 Å². The van der Waals surface area contributed by atoms with Crippen LogP contribution in [0.3, 0.4) is 0 Å². The quantitative estimate of drug-likeness (QED) is 0.432. The van der Waals surface area contributed by atoms with Crippen LogP contribution >= 0.6 is 0 Å². The van der Waals surface area contributed by atoms with E-state index in [1.54, 1.807) is 28.7 Å². The largest absolute Gasteiger partial charge is 0.198 e. The highest BCUT2D eigenvalue weighted by Gasteiger charge is 2.60. The van der Waals surface area contributed by atoms with Gasteiger partial charge in [0.05, 0.1) is 0 Å². The molecule has 0 saturated heterocycles. The van der Waals surface area contributed by atoms with Gasteiger partial charge in [-0.05, 0) is 123 Å². The molecule has 0 heteroatoms. The first-order valence-corrected chi connectivity index (χ1v) is 13.6. The van der Waals surface area contributed by atoms with E-state index < -0.39 is 0 Å². The lowest BCUT2D eigenvalue weighted by molar-refractivity contribution is -0.141. The molecule has 1 aromatic rings. The van der Waals surface area contributed by atoms with E-state index in [0.717, 1.165) is 47.3 Å². The van der Waals surface area contributed by atoms with E-state index in [1.807, 2.05) is 0 Å². The van der Waals surface area contributed by atoms with Crippen molar-refractivity contribution in [1.82, 2.24) is 0 Å². The van der Waals surface area contributed by atoms with Crippen molar-refractivity contribution in [2.45, 2.75) is 103 Å². The summed E-state index contributed by atoms with van der Waals surface area (Å²) in [6.45, 7) is 17.4. The summed E-state index contributed by atoms with van der Waals surface area (Å²) in [6.07, 6.45) is 13.5. The smallest absolute Gasteiger partial charge is 0.0178 e. The Morgan fingerprint density at radius 3 is 1.77 bits per heavy atom. The third kappa shape index (κ3) is 2.36. The summed E-state index contributed by atoms with van der Waals surface area (Å²) in [4.78, 5) is 0. The fourth-order valence-electron chi connectivity index (χ4n) is 11.6. The number of benzene rings is 1. The van der Waals surface area contributed by atoms with Crippen LogP contribution in [0.15, 0.2) is 0 Å². The molecule has 0 aromatic heterocycles. The fraction of sp³-hybridized carbons (Fsp3) is 0.774. The van der Waals surface area contributed by atoms with Crippen molar-refractivity contribution in [3.8, 4) is 0 Å². The highest BCUT2D eigenvalue weighted by molar-refractivity contribution is 5.57. The van der Waals surface area contributed by atoms with Gasteiger partial charge in [0.2, 0.25) is 0 Å². The first-order valence-electron chi connectivity index (χ1n) is 13.6. The van der Waals surface area contributed by atoms with Gasteiger partial charge in [-0.3, -0.25) is 0 Å². The third-order valence-electron chi connectivity index (χ3n) is 12.4. The van der Waals surface area contributed by atoms with Gasteiger partial charge < -0.3 is 0 Å². The summed E-state index contributed by atoms with van der Waals surface area (Å²) < 4.78 is 0. The molecule has 0 N–H and O–H groups in total. The molecule has 7 atom stereocenters. The monoisotopic (exact) mass is 415 g/mol. The fourth-order valence-corrected chi connectivity index (χ4v) is 11.6. The van der Waals surface area contributed by atoms with E-state index in [4.69, 9.17) is 6.92 Å². The van der Waals surface area contributed by atoms with Crippen LogP contribution in [0, 0.1) is 75.0 Å². The molecule has 6 aliphatic rings. The zero-order valence-corrected chi connectivity index (χ0v) is 20.7. The zero-order valence-electron chi connectivity index (χ0n) is 20.7. The van der Waals surface area contributed by atoms with Gasteiger partial charge in [0.15, 0.2) is 0 Å². The van der Waals surface area contributed by atoms with Crippen LogP contribution in [0.1, 0.15) is 105 Å². The lowest BCUT2D eigenvalue weighted by Crippen LogP contribution is -2.58. The normalized spacial score (nSPS) is 51.3. The van der Waals surface area contributed by atoms with Gasteiger partial charge in [0.1, 0.15) is 0 Å². The summed E-state index contributed by atoms with van der Waals surface area (Å²) in [5.41, 5.74) is 10.4. The maximum Gasteiger partial charge on any atom is -0.0178 e. The van der Waals surface area contributed by atoms with Crippen molar-refractivity contribution in [1.29, 1.82) is 0 Å². The molecule has 0 radical (unpaired) electrons. The Kier molecular flexibility index (Phi) is 3.75. The third-order valence-corrected chi connectivity index (χ3v) is 12.4. The second-order valence-electron chi connectivity index (χ2n) is 14.1. The number of hydrogen-bond acceptors (Lipinski definition) is 0. The highest BCUT2D eigenvalue weighted by atomic mass is 14.6. The summed E-state index contributed by atoms with van der Waals surface area (Å²) in [6, 6.07) is 0. The summed E-state index contributed by atoms with van der Waals surface area (Å²) in [7, 11) is 0. The van der Waals surface area contributed by atoms with Crippen molar-refractivity contribution < 1.29 is 0 Å². The van der Waals surface area contributed by atoms with Crippen LogP contribution in [0.5, 0.6) is 0 Å². The van der Waals surface area contributed by atoms with E-state index in [2.05, 4.69) is 34.6 Å². The molecule has 6 saturated carbocycles. The van der Waals surface area contributed by atoms with Crippen LogP contribution in [-0.2, 0) is 10.8 Å². The molecule has 1 aromatic carbocycles. The van der Waals surface area contributed by atoms with E-state index in [1.165, 1.54) is 62.5 Å². The average molecular weight is 416 g/mol. The van der Waals surface area contributed by atoms with Gasteiger partial charge >= 0.3 is 0 Å². The van der Waals surface area contributed by atoms with Crippen molar-refractivity contribution in [2.75, 3.05) is 0 Å². The molecule has 6 fully saturated rings. The molecule has 6 aliphatic carbocycles. The van der Waals surface area contributed by atoms with E-state index in [-0.39, 0.29) is 0 Å². The summed E-state index contributed by atoms with van der Waals surface area (Å²) in [5, 5.41) is 0. The topological polar surface area (TPSA) is 0 Å². The van der Waals surface area contributed by atoms with Crippen molar-refractivity contribution >= 4 is 0 Å². The molecule has 7 rings (SSSR count). The molecule has 2 bridgehead atoms. The van der Waals surface area contributed by atoms with E-state index in [0.29, 0.717) is 10.8 Å². The Bertz CT molecular complexity index is 945. The molecule has 0 aliphatic heterocycles. The Morgan fingerprint density at radius 1 is 0.613 bits per heavy atom. The van der Waals surface area contributed by atoms with Crippen molar-refractivity contribution in [3.63, 3.8) is 0 Å². The summed E-state index contributed by atoms with van der Waals surface area (Å²) >= 11 is 0. The molecule has 168 valence electrons. The van der Waals surface area contributed by atoms with Crippen LogP contribution in [0.2, 0.25) is 0 Å². The SMILES string of the molecule is [CH2-]c1c(C)c(C2(C)CC3CC4CC(C2)C4C3)c(C)c(C2(C)CC3CC4CC(C2)C43)c1C. The van der Waals surface area contributed by atoms with Gasteiger partial charge in [0.25, 0.3) is 0 Å². The molecule has 0 spiro atoms. The van der Waals surface area contributed by atoms with Gasteiger partial charge in [0, 0.05) is 0 Å². The molecular weight excluding hydrogens is 372 g/mol. The van der Waals surface area contributed by atoms with Gasteiger partial charge in [-0.15, -0.1) is 11.1 Å². The predicted molar refractivity (Wildman–Crippen MR) is 129 cm³/mol. The average Bonchev–Trinajstić information content (AvgIpc) is 2.90. The second-order valence-corrected chi connectivity index (χ2v) is 14.1. The zero-order chi connectivity index (χ0) is 21.4. The second kappa shape index (κ2) is 5.95. The highest BCUT2D eigenvalue weighted by Crippen LogP contribution is 2.68. The first kappa shape index (κ1) is 19.5. The maximum absolute atomic E-state index is 4.71. The maximum atomic E-state index is 4.71. The molecule has 7 unspecified atom stereocenters. The number of hydrogen-bond donors (Lipinski definition) is 0. The molecule has 0 amide bonds. The minimum atomic E-state index is 0.365. The predicted octanol–water partition coefficient (Wildman–Crippen LogP) is 7.83. The molecular formula is C31H43-. The van der Waals surface area contributed by atoms with Crippen LogP contribution in [0.25, 0.3) is 0 Å². The Morgan fingerprint density at radius 2 is 1.16 bits per heavy atom. The van der Waals surface area contributed by atoms with Crippen LogP contribution in [0.4, 0.5) is 0 Å². The van der Waals surface area contributed by atoms with Crippen LogP contribution in [-0.4, -0.2) is 0 Å². The lowest BCUT2D eigenvalue weighted by Gasteiger charge is -2.66. The van der Waals surface area contributed by atoms with Gasteiger partial charge in [-0.25, -0.2) is 0 Å². The number of fused-ring (bicyclic) bond motifs is 1. The first-order chi connectivity index (χ1) is 14.7. The van der Waals surface area contributed by atoms with Gasteiger partial charge in [-0.2, -0.15) is 12.5 Å². The number of rotatable bonds is 2. The van der Waals surface area contributed by atoms with Crippen molar-refractivity contribution in [2.24, 2.45) is 47.3 Å². The molecule has 0 heterocycles.